The maximum absolute atomic E-state index is 13.0. The van der Waals surface area contributed by atoms with Gasteiger partial charge in [-0.1, -0.05) is 49.5 Å². The maximum Gasteiger partial charge on any atom is 0.200 e. The number of ketones is 2. The molecule has 2 heterocycles. The maximum atomic E-state index is 13.0. The molecule has 2 aliphatic rings. The van der Waals surface area contributed by atoms with E-state index in [1.165, 1.54) is 23.5 Å². The summed E-state index contributed by atoms with van der Waals surface area (Å²) in [6.45, 7) is 5.40. The van der Waals surface area contributed by atoms with E-state index in [9.17, 15) is 9.59 Å². The van der Waals surface area contributed by atoms with Crippen molar-refractivity contribution in [2.45, 2.75) is 20.3 Å². The second-order valence-corrected chi connectivity index (χ2v) is 8.13. The van der Waals surface area contributed by atoms with Gasteiger partial charge in [0.15, 0.2) is 11.6 Å². The number of rotatable bonds is 3. The summed E-state index contributed by atoms with van der Waals surface area (Å²) in [5.74, 6) is 0.337. The van der Waals surface area contributed by atoms with Gasteiger partial charge in [-0.2, -0.15) is 0 Å². The molecule has 3 rings (SSSR count). The number of hydrogen-bond donors (Lipinski definition) is 0. The Morgan fingerprint density at radius 2 is 1.83 bits per heavy atom. The van der Waals surface area contributed by atoms with Crippen molar-refractivity contribution < 1.29 is 9.59 Å². The topological polar surface area (TPSA) is 37.4 Å². The predicted molar refractivity (Wildman–Crippen MR) is 98.8 cm³/mol. The molecular weight excluding hydrogens is 326 g/mol. The van der Waals surface area contributed by atoms with Gasteiger partial charge in [-0.05, 0) is 35.3 Å². The van der Waals surface area contributed by atoms with E-state index in [4.69, 9.17) is 0 Å². The van der Waals surface area contributed by atoms with E-state index in [2.05, 4.69) is 18.7 Å². The van der Waals surface area contributed by atoms with Gasteiger partial charge in [-0.3, -0.25) is 9.59 Å². The van der Waals surface area contributed by atoms with Gasteiger partial charge < -0.3 is 4.90 Å². The van der Waals surface area contributed by atoms with Gasteiger partial charge >= 0.3 is 0 Å². The molecule has 0 atom stereocenters. The van der Waals surface area contributed by atoms with E-state index >= 15 is 0 Å². The average Bonchev–Trinajstić information content (AvgIpc) is 3.02. The highest BCUT2D eigenvalue weighted by atomic mass is 32.2. The first-order valence-corrected chi connectivity index (χ1v) is 9.48. The molecule has 0 N–H and O–H groups in total. The van der Waals surface area contributed by atoms with E-state index in [-0.39, 0.29) is 18.1 Å². The highest BCUT2D eigenvalue weighted by molar-refractivity contribution is 8.27. The summed E-state index contributed by atoms with van der Waals surface area (Å²) in [7, 11) is 0. The fourth-order valence-corrected chi connectivity index (χ4v) is 4.58. The number of hydrogen-bond acceptors (Lipinski definition) is 5. The molecule has 0 fully saturated rings. The summed E-state index contributed by atoms with van der Waals surface area (Å²) in [6, 6.07) is 7.57. The monoisotopic (exact) mass is 345 g/mol. The van der Waals surface area contributed by atoms with E-state index in [1.807, 2.05) is 35.1 Å². The Balaban J connectivity index is 2.03. The van der Waals surface area contributed by atoms with Gasteiger partial charge in [-0.15, -0.1) is 0 Å². The Hall–Kier alpha value is -1.46. The Morgan fingerprint density at radius 3 is 2.52 bits per heavy atom. The zero-order valence-electron chi connectivity index (χ0n) is 13.2. The highest BCUT2D eigenvalue weighted by Crippen LogP contribution is 2.42. The standard InChI is InChI=1S/C18H19NO2S2/c1-12(2)7-8-19-11-15(20)16(18-22-9-10-23-18)17(21)13-5-3-4-6-14(13)19/h3-6,9-10,12H,7-8,11H2,1-2H3. The number of carbonyl (C=O) groups is 2. The highest BCUT2D eigenvalue weighted by Gasteiger charge is 2.32. The zero-order valence-corrected chi connectivity index (χ0v) is 14.9. The second-order valence-electron chi connectivity index (χ2n) is 6.04. The molecule has 0 spiro atoms. The first kappa shape index (κ1) is 16.4. The van der Waals surface area contributed by atoms with Crippen LogP contribution in [-0.2, 0) is 4.79 Å². The number of carbonyl (C=O) groups excluding carboxylic acids is 2. The Bertz CT molecular complexity index is 697. The summed E-state index contributed by atoms with van der Waals surface area (Å²) in [5, 5.41) is 3.84. The van der Waals surface area contributed by atoms with Crippen LogP contribution in [0, 0.1) is 5.92 Å². The third-order valence-corrected chi connectivity index (χ3v) is 6.05. The van der Waals surface area contributed by atoms with Crippen molar-refractivity contribution in [3.63, 3.8) is 0 Å². The number of Topliss-reactive ketones (excluding diaryl/α,β-unsaturated/α-hetero) is 2. The lowest BCUT2D eigenvalue weighted by atomic mass is 10.0. The van der Waals surface area contributed by atoms with Gasteiger partial charge in [-0.25, -0.2) is 0 Å². The number of anilines is 1. The van der Waals surface area contributed by atoms with E-state index in [0.717, 1.165) is 22.9 Å². The first-order chi connectivity index (χ1) is 11.1. The lowest BCUT2D eigenvalue weighted by molar-refractivity contribution is -0.114. The zero-order chi connectivity index (χ0) is 16.4. The minimum atomic E-state index is -0.142. The summed E-state index contributed by atoms with van der Waals surface area (Å²) in [4.78, 5) is 27.8. The van der Waals surface area contributed by atoms with Crippen molar-refractivity contribution in [2.75, 3.05) is 18.0 Å². The van der Waals surface area contributed by atoms with Crippen LogP contribution in [0.4, 0.5) is 5.69 Å². The Morgan fingerprint density at radius 1 is 1.13 bits per heavy atom. The minimum Gasteiger partial charge on any atom is -0.363 e. The van der Waals surface area contributed by atoms with Crippen LogP contribution in [-0.4, -0.2) is 24.7 Å². The van der Waals surface area contributed by atoms with Crippen LogP contribution in [0.3, 0.4) is 0 Å². The molecule has 3 nitrogen and oxygen atoms in total. The fraction of sp³-hybridized carbons (Fsp3) is 0.333. The molecule has 0 unspecified atom stereocenters. The molecule has 2 aliphatic heterocycles. The number of fused-ring (bicyclic) bond motifs is 1. The van der Waals surface area contributed by atoms with Crippen LogP contribution >= 0.6 is 23.5 Å². The number of nitrogens with zero attached hydrogens (tertiary/aromatic N) is 1. The Kier molecular flexibility index (Phi) is 4.97. The molecule has 5 heteroatoms. The predicted octanol–water partition coefficient (Wildman–Crippen LogP) is 4.47. The number of para-hydroxylation sites is 1. The van der Waals surface area contributed by atoms with Crippen molar-refractivity contribution in [3.8, 4) is 0 Å². The number of thioether (sulfide) groups is 2. The summed E-state index contributed by atoms with van der Waals surface area (Å²) in [6.07, 6.45) is 0.993. The molecule has 0 radical (unpaired) electrons. The van der Waals surface area contributed by atoms with Crippen LogP contribution in [0.5, 0.6) is 0 Å². The van der Waals surface area contributed by atoms with E-state index in [1.54, 1.807) is 0 Å². The van der Waals surface area contributed by atoms with Crippen molar-refractivity contribution in [1.82, 2.24) is 0 Å². The molecule has 0 saturated carbocycles. The molecule has 0 aromatic heterocycles. The molecule has 1 aromatic rings. The lowest BCUT2D eigenvalue weighted by Gasteiger charge is -2.24. The second kappa shape index (κ2) is 6.97. The molecule has 0 saturated heterocycles. The number of benzene rings is 1. The molecule has 0 bridgehead atoms. The molecule has 120 valence electrons. The van der Waals surface area contributed by atoms with Crippen LogP contribution < -0.4 is 4.90 Å². The lowest BCUT2D eigenvalue weighted by Crippen LogP contribution is -2.31. The molecule has 1 aromatic carbocycles. The van der Waals surface area contributed by atoms with Gasteiger partial charge in [0.25, 0.3) is 0 Å². The smallest absolute Gasteiger partial charge is 0.200 e. The van der Waals surface area contributed by atoms with E-state index in [0.29, 0.717) is 17.1 Å². The third-order valence-electron chi connectivity index (χ3n) is 3.92. The third kappa shape index (κ3) is 3.40. The van der Waals surface area contributed by atoms with Gasteiger partial charge in [0.2, 0.25) is 0 Å². The quantitative estimate of drug-likeness (QED) is 0.597. The first-order valence-electron chi connectivity index (χ1n) is 7.72. The van der Waals surface area contributed by atoms with Crippen LogP contribution in [0.15, 0.2) is 44.9 Å². The molecular formula is C18H19NO2S2. The molecule has 23 heavy (non-hydrogen) atoms. The largest absolute Gasteiger partial charge is 0.363 e. The molecule has 0 aliphatic carbocycles. The van der Waals surface area contributed by atoms with Crippen molar-refractivity contribution in [1.29, 1.82) is 0 Å². The van der Waals surface area contributed by atoms with Gasteiger partial charge in [0.1, 0.15) is 0 Å². The van der Waals surface area contributed by atoms with Crippen molar-refractivity contribution >= 4 is 40.8 Å². The van der Waals surface area contributed by atoms with Crippen molar-refractivity contribution in [3.05, 3.63) is 50.5 Å². The Labute approximate surface area is 145 Å². The van der Waals surface area contributed by atoms with E-state index < -0.39 is 0 Å². The fourth-order valence-electron chi connectivity index (χ4n) is 2.69. The van der Waals surface area contributed by atoms with Crippen LogP contribution in [0.2, 0.25) is 0 Å². The van der Waals surface area contributed by atoms with Gasteiger partial charge in [0, 0.05) is 17.8 Å². The van der Waals surface area contributed by atoms with Gasteiger partial charge in [0.05, 0.1) is 16.4 Å². The average molecular weight is 345 g/mol. The summed E-state index contributed by atoms with van der Waals surface area (Å²) in [5.41, 5.74) is 1.87. The summed E-state index contributed by atoms with van der Waals surface area (Å²) < 4.78 is 0.806. The minimum absolute atomic E-state index is 0.0753. The molecule has 0 amide bonds. The van der Waals surface area contributed by atoms with Crippen molar-refractivity contribution in [2.24, 2.45) is 5.92 Å². The normalized spacial score (nSPS) is 18.0. The summed E-state index contributed by atoms with van der Waals surface area (Å²) >= 11 is 2.92. The SMILES string of the molecule is CC(C)CCN1CC(=O)C(=C2SC=CS2)C(=O)c2ccccc21. The van der Waals surface area contributed by atoms with Crippen LogP contribution in [0.1, 0.15) is 30.6 Å². The van der Waals surface area contributed by atoms with Crippen LogP contribution in [0.25, 0.3) is 0 Å².